The van der Waals surface area contributed by atoms with Gasteiger partial charge in [-0.15, -0.1) is 24.0 Å². The lowest BCUT2D eigenvalue weighted by atomic mass is 9.79. The van der Waals surface area contributed by atoms with E-state index in [0.717, 1.165) is 38.4 Å². The summed E-state index contributed by atoms with van der Waals surface area (Å²) in [5.41, 5.74) is -0.480. The number of hydrogen-bond donors (Lipinski definition) is 3. The Bertz CT molecular complexity index is 509. The largest absolute Gasteiger partial charge is 0.359 e. The Morgan fingerprint density at radius 2 is 2.17 bits per heavy atom. The SMILES string of the molecule is CN=C(NCC(C)(C)C(=O)NC)N1CCCC2(CNC(=O)C2)C1.I. The average Bonchev–Trinajstić information content (AvgIpc) is 2.87. The highest BCUT2D eigenvalue weighted by molar-refractivity contribution is 14.0. The first-order chi connectivity index (χ1) is 10.8. The molecule has 8 heteroatoms. The molecule has 0 aliphatic carbocycles. The number of hydrogen-bond acceptors (Lipinski definition) is 3. The van der Waals surface area contributed by atoms with Crippen molar-refractivity contribution in [2.45, 2.75) is 33.1 Å². The van der Waals surface area contributed by atoms with E-state index >= 15 is 0 Å². The van der Waals surface area contributed by atoms with Crippen molar-refractivity contribution in [2.75, 3.05) is 40.3 Å². The van der Waals surface area contributed by atoms with Crippen LogP contribution < -0.4 is 16.0 Å². The van der Waals surface area contributed by atoms with Crippen molar-refractivity contribution in [2.24, 2.45) is 15.8 Å². The number of guanidine groups is 1. The third-order valence-corrected chi connectivity index (χ3v) is 4.90. The van der Waals surface area contributed by atoms with Gasteiger partial charge in [-0.1, -0.05) is 0 Å². The van der Waals surface area contributed by atoms with Crippen molar-refractivity contribution in [3.63, 3.8) is 0 Å². The zero-order valence-electron chi connectivity index (χ0n) is 15.1. The lowest BCUT2D eigenvalue weighted by Crippen LogP contribution is -2.53. The second-order valence-electron chi connectivity index (χ2n) is 7.34. The van der Waals surface area contributed by atoms with Gasteiger partial charge in [0.1, 0.15) is 0 Å². The van der Waals surface area contributed by atoms with Crippen molar-refractivity contribution in [3.05, 3.63) is 0 Å². The van der Waals surface area contributed by atoms with Crippen LogP contribution in [0.25, 0.3) is 0 Å². The molecule has 0 aromatic heterocycles. The van der Waals surface area contributed by atoms with E-state index in [4.69, 9.17) is 0 Å². The molecule has 2 heterocycles. The molecular formula is C16H30IN5O2. The zero-order valence-corrected chi connectivity index (χ0v) is 17.4. The molecule has 2 aliphatic rings. The summed E-state index contributed by atoms with van der Waals surface area (Å²) in [6.07, 6.45) is 2.72. The third-order valence-electron chi connectivity index (χ3n) is 4.90. The fourth-order valence-electron chi connectivity index (χ4n) is 3.48. The van der Waals surface area contributed by atoms with E-state index in [9.17, 15) is 9.59 Å². The van der Waals surface area contributed by atoms with Gasteiger partial charge in [0.15, 0.2) is 5.96 Å². The number of aliphatic imine (C=N–C) groups is 1. The maximum atomic E-state index is 11.9. The van der Waals surface area contributed by atoms with E-state index in [1.54, 1.807) is 14.1 Å². The number of halogens is 1. The van der Waals surface area contributed by atoms with E-state index in [1.807, 2.05) is 13.8 Å². The van der Waals surface area contributed by atoms with Crippen LogP contribution in [0.15, 0.2) is 4.99 Å². The van der Waals surface area contributed by atoms with Gasteiger partial charge in [-0.3, -0.25) is 14.6 Å². The Labute approximate surface area is 161 Å². The van der Waals surface area contributed by atoms with Crippen LogP contribution in [0, 0.1) is 10.8 Å². The molecule has 24 heavy (non-hydrogen) atoms. The molecule has 138 valence electrons. The molecular weight excluding hydrogens is 421 g/mol. The maximum absolute atomic E-state index is 11.9. The minimum atomic E-state index is -0.511. The van der Waals surface area contributed by atoms with Crippen LogP contribution >= 0.6 is 24.0 Å². The smallest absolute Gasteiger partial charge is 0.227 e. The summed E-state index contributed by atoms with van der Waals surface area (Å²) in [6.45, 7) is 6.83. The second kappa shape index (κ2) is 8.35. The summed E-state index contributed by atoms with van der Waals surface area (Å²) < 4.78 is 0. The summed E-state index contributed by atoms with van der Waals surface area (Å²) in [6, 6.07) is 0. The van der Waals surface area contributed by atoms with Crippen LogP contribution in [0.5, 0.6) is 0 Å². The Hall–Kier alpha value is -1.06. The zero-order chi connectivity index (χ0) is 17.1. The summed E-state index contributed by atoms with van der Waals surface area (Å²) in [5, 5.41) is 8.97. The predicted molar refractivity (Wildman–Crippen MR) is 105 cm³/mol. The molecule has 7 nitrogen and oxygen atoms in total. The molecule has 2 amide bonds. The summed E-state index contributed by atoms with van der Waals surface area (Å²) in [7, 11) is 3.41. The number of nitrogens with zero attached hydrogens (tertiary/aromatic N) is 2. The third kappa shape index (κ3) is 4.73. The van der Waals surface area contributed by atoms with Gasteiger partial charge in [0.25, 0.3) is 0 Å². The molecule has 1 spiro atoms. The first-order valence-electron chi connectivity index (χ1n) is 8.26. The van der Waals surface area contributed by atoms with E-state index in [2.05, 4.69) is 25.8 Å². The number of carbonyl (C=O) groups excluding carboxylic acids is 2. The fourth-order valence-corrected chi connectivity index (χ4v) is 3.48. The number of rotatable bonds is 3. The van der Waals surface area contributed by atoms with Gasteiger partial charge in [0, 0.05) is 52.1 Å². The Morgan fingerprint density at radius 1 is 1.46 bits per heavy atom. The molecule has 1 unspecified atom stereocenters. The minimum Gasteiger partial charge on any atom is -0.359 e. The quantitative estimate of drug-likeness (QED) is 0.333. The van der Waals surface area contributed by atoms with E-state index < -0.39 is 5.41 Å². The van der Waals surface area contributed by atoms with E-state index in [0.29, 0.717) is 13.0 Å². The summed E-state index contributed by atoms with van der Waals surface area (Å²) in [4.78, 5) is 30.1. The van der Waals surface area contributed by atoms with Gasteiger partial charge in [-0.2, -0.15) is 0 Å². The molecule has 0 aromatic rings. The number of likely N-dealkylation sites (tertiary alicyclic amines) is 1. The van der Waals surface area contributed by atoms with Crippen LogP contribution in [-0.4, -0.2) is 62.9 Å². The Morgan fingerprint density at radius 3 is 2.71 bits per heavy atom. The van der Waals surface area contributed by atoms with Crippen LogP contribution in [0.4, 0.5) is 0 Å². The van der Waals surface area contributed by atoms with Gasteiger partial charge < -0.3 is 20.9 Å². The standard InChI is InChI=1S/C16H29N5O2.HI/c1-15(2,13(23)17-3)9-20-14(18-4)21-7-5-6-16(11-21)8-12(22)19-10-16;/h5-11H2,1-4H3,(H,17,23)(H,18,20)(H,19,22);1H. The van der Waals surface area contributed by atoms with Crippen molar-refractivity contribution < 1.29 is 9.59 Å². The molecule has 0 saturated carbocycles. The molecule has 2 rings (SSSR count). The minimum absolute atomic E-state index is 0. The molecule has 2 aliphatic heterocycles. The number of nitrogens with one attached hydrogen (secondary N) is 3. The fraction of sp³-hybridized carbons (Fsp3) is 0.812. The highest BCUT2D eigenvalue weighted by Crippen LogP contribution is 2.36. The van der Waals surface area contributed by atoms with Crippen molar-refractivity contribution >= 4 is 41.8 Å². The molecule has 0 bridgehead atoms. The molecule has 2 fully saturated rings. The first-order valence-corrected chi connectivity index (χ1v) is 8.26. The topological polar surface area (TPSA) is 85.8 Å². The lowest BCUT2D eigenvalue weighted by Gasteiger charge is -2.41. The molecule has 2 saturated heterocycles. The van der Waals surface area contributed by atoms with Crippen LogP contribution in [-0.2, 0) is 9.59 Å². The van der Waals surface area contributed by atoms with Crippen LogP contribution in [0.2, 0.25) is 0 Å². The Balaban J connectivity index is 0.00000288. The van der Waals surface area contributed by atoms with Gasteiger partial charge in [0.2, 0.25) is 11.8 Å². The molecule has 3 N–H and O–H groups in total. The van der Waals surface area contributed by atoms with Crippen molar-refractivity contribution in [3.8, 4) is 0 Å². The van der Waals surface area contributed by atoms with Gasteiger partial charge in [0.05, 0.1) is 5.41 Å². The average molecular weight is 451 g/mol. The van der Waals surface area contributed by atoms with Gasteiger partial charge in [-0.05, 0) is 26.7 Å². The van der Waals surface area contributed by atoms with E-state index in [1.165, 1.54) is 0 Å². The number of carbonyl (C=O) groups is 2. The van der Waals surface area contributed by atoms with Crippen LogP contribution in [0.3, 0.4) is 0 Å². The molecule has 0 radical (unpaired) electrons. The van der Waals surface area contributed by atoms with E-state index in [-0.39, 0.29) is 41.2 Å². The maximum Gasteiger partial charge on any atom is 0.227 e. The summed E-state index contributed by atoms with van der Waals surface area (Å²) >= 11 is 0. The normalized spacial score (nSPS) is 24.4. The number of piperidine rings is 1. The number of amides is 2. The van der Waals surface area contributed by atoms with Gasteiger partial charge >= 0.3 is 0 Å². The second-order valence-corrected chi connectivity index (χ2v) is 7.34. The van der Waals surface area contributed by atoms with Crippen LogP contribution in [0.1, 0.15) is 33.1 Å². The Kier molecular flexibility index (Phi) is 7.30. The molecule has 0 aromatic carbocycles. The first kappa shape index (κ1) is 21.0. The van der Waals surface area contributed by atoms with Gasteiger partial charge in [-0.25, -0.2) is 0 Å². The highest BCUT2D eigenvalue weighted by atomic mass is 127. The summed E-state index contributed by atoms with van der Waals surface area (Å²) in [5.74, 6) is 0.956. The lowest BCUT2D eigenvalue weighted by molar-refractivity contribution is -0.128. The van der Waals surface area contributed by atoms with Crippen molar-refractivity contribution in [1.82, 2.24) is 20.9 Å². The predicted octanol–water partition coefficient (Wildman–Crippen LogP) is 0.554. The van der Waals surface area contributed by atoms with Crippen molar-refractivity contribution in [1.29, 1.82) is 0 Å². The molecule has 1 atom stereocenters. The monoisotopic (exact) mass is 451 g/mol. The highest BCUT2D eigenvalue weighted by Gasteiger charge is 2.42.